The standard InChI is InChI=1S/C28H46NO4.2Y/c1-3-5-7-9-11-13-15-17-19-21-27(30)32-25-26(23-24-29)33-28(31)22-20-18-16-14-12-10-8-6-4-2;;/h5-8,13-16,26,29H,3-4,9-12,17-25H2,1-2H3;;/q-1;;/b7-5-,8-6-,15-13-,16-14-;;/t26-;;/m0../s1. The number of nitrogens with one attached hydrogen (secondary N) is 1. The first-order valence-electron chi connectivity index (χ1n) is 12.7. The molecule has 0 amide bonds. The second-order valence-corrected chi connectivity index (χ2v) is 7.97. The van der Waals surface area contributed by atoms with Crippen molar-refractivity contribution in [1.29, 1.82) is 0 Å². The Morgan fingerprint density at radius 3 is 1.57 bits per heavy atom. The summed E-state index contributed by atoms with van der Waals surface area (Å²) in [6.07, 6.45) is 27.2. The van der Waals surface area contributed by atoms with E-state index in [1.165, 1.54) is 0 Å². The largest absolute Gasteiger partial charge is 0.677 e. The van der Waals surface area contributed by atoms with Crippen molar-refractivity contribution in [1.82, 2.24) is 0 Å². The number of unbranched alkanes of at least 4 members (excludes halogenated alkanes) is 4. The summed E-state index contributed by atoms with van der Waals surface area (Å²) in [6, 6.07) is 0. The molecule has 0 aromatic carbocycles. The Balaban J connectivity index is -0.00000512. The molecule has 35 heavy (non-hydrogen) atoms. The first-order valence-corrected chi connectivity index (χ1v) is 12.7. The predicted octanol–water partition coefficient (Wildman–Crippen LogP) is 7.82. The van der Waals surface area contributed by atoms with Gasteiger partial charge in [-0.3, -0.25) is 9.59 Å². The maximum absolute atomic E-state index is 12.1. The molecule has 0 heterocycles. The molecule has 0 bridgehead atoms. The third-order valence-electron chi connectivity index (χ3n) is 4.84. The Kier molecular flexibility index (Phi) is 36.3. The van der Waals surface area contributed by atoms with Crippen LogP contribution in [0.5, 0.6) is 0 Å². The van der Waals surface area contributed by atoms with Crippen molar-refractivity contribution in [3.63, 3.8) is 0 Å². The van der Waals surface area contributed by atoms with Gasteiger partial charge in [-0.15, -0.1) is 6.54 Å². The summed E-state index contributed by atoms with van der Waals surface area (Å²) in [5.74, 6) is -0.568. The maximum atomic E-state index is 12.1. The second kappa shape index (κ2) is 32.1. The van der Waals surface area contributed by atoms with E-state index in [4.69, 9.17) is 15.2 Å². The molecular weight excluding hydrogens is 592 g/mol. The zero-order valence-electron chi connectivity index (χ0n) is 22.1. The number of carbonyl (C=O) groups excluding carboxylic acids is 2. The topological polar surface area (TPSA) is 76.4 Å². The van der Waals surface area contributed by atoms with Crippen molar-refractivity contribution in [3.05, 3.63) is 54.3 Å². The number of esters is 2. The molecule has 1 atom stereocenters. The molecule has 0 fully saturated rings. The van der Waals surface area contributed by atoms with Crippen molar-refractivity contribution in [2.24, 2.45) is 0 Å². The Hall–Kier alpha value is 0.0678. The summed E-state index contributed by atoms with van der Waals surface area (Å²) < 4.78 is 10.7. The first kappa shape index (κ1) is 39.6. The smallest absolute Gasteiger partial charge is 0.306 e. The van der Waals surface area contributed by atoms with Crippen LogP contribution in [-0.4, -0.2) is 31.2 Å². The average molecular weight is 638 g/mol. The molecule has 7 heteroatoms. The van der Waals surface area contributed by atoms with Gasteiger partial charge in [0.05, 0.1) is 0 Å². The van der Waals surface area contributed by atoms with Crippen LogP contribution < -0.4 is 0 Å². The van der Waals surface area contributed by atoms with E-state index in [0.29, 0.717) is 19.3 Å². The summed E-state index contributed by atoms with van der Waals surface area (Å²) in [6.45, 7) is 4.41. The third kappa shape index (κ3) is 30.2. The Labute approximate surface area is 264 Å². The summed E-state index contributed by atoms with van der Waals surface area (Å²) in [5.41, 5.74) is 7.41. The Morgan fingerprint density at radius 1 is 0.686 bits per heavy atom. The van der Waals surface area contributed by atoms with E-state index in [0.717, 1.165) is 64.2 Å². The fourth-order valence-corrected chi connectivity index (χ4v) is 2.99. The average Bonchev–Trinajstić information content (AvgIpc) is 2.80. The van der Waals surface area contributed by atoms with Gasteiger partial charge in [-0.05, 0) is 70.6 Å². The molecule has 0 aromatic heterocycles. The van der Waals surface area contributed by atoms with Gasteiger partial charge >= 0.3 is 11.9 Å². The Bertz CT molecular complexity index is 604. The van der Waals surface area contributed by atoms with E-state index in [9.17, 15) is 9.59 Å². The zero-order chi connectivity index (χ0) is 24.4. The second-order valence-electron chi connectivity index (χ2n) is 7.97. The number of ether oxygens (including phenoxy) is 2. The molecule has 0 aliphatic carbocycles. The van der Waals surface area contributed by atoms with Crippen molar-refractivity contribution >= 4 is 11.9 Å². The molecule has 0 aliphatic heterocycles. The van der Waals surface area contributed by atoms with Crippen molar-refractivity contribution in [2.75, 3.05) is 13.2 Å². The fraction of sp³-hybridized carbons (Fsp3) is 0.643. The summed E-state index contributed by atoms with van der Waals surface area (Å²) >= 11 is 0. The van der Waals surface area contributed by atoms with Crippen LogP contribution in [-0.2, 0) is 84.5 Å². The van der Waals surface area contributed by atoms with E-state index in [2.05, 4.69) is 62.5 Å². The first-order chi connectivity index (χ1) is 16.1. The van der Waals surface area contributed by atoms with Crippen LogP contribution in [0.2, 0.25) is 0 Å². The maximum Gasteiger partial charge on any atom is 0.306 e. The van der Waals surface area contributed by atoms with Gasteiger partial charge in [0.2, 0.25) is 0 Å². The summed E-state index contributed by atoms with van der Waals surface area (Å²) in [7, 11) is 0. The van der Waals surface area contributed by atoms with Crippen LogP contribution >= 0.6 is 0 Å². The van der Waals surface area contributed by atoms with Gasteiger partial charge in [0.25, 0.3) is 0 Å². The van der Waals surface area contributed by atoms with Gasteiger partial charge in [-0.1, -0.05) is 62.5 Å². The molecular formula is C28H46NO4Y2-. The molecule has 2 radical (unpaired) electrons. The van der Waals surface area contributed by atoms with E-state index < -0.39 is 6.10 Å². The zero-order valence-corrected chi connectivity index (χ0v) is 27.8. The fourth-order valence-electron chi connectivity index (χ4n) is 2.99. The van der Waals surface area contributed by atoms with E-state index >= 15 is 0 Å². The summed E-state index contributed by atoms with van der Waals surface area (Å²) in [4.78, 5) is 24.0. The molecule has 0 aliphatic rings. The molecule has 0 rings (SSSR count). The van der Waals surface area contributed by atoms with Crippen LogP contribution in [0.4, 0.5) is 0 Å². The van der Waals surface area contributed by atoms with Crippen molar-refractivity contribution in [3.8, 4) is 0 Å². The minimum absolute atomic E-state index is 0. The van der Waals surface area contributed by atoms with Crippen LogP contribution in [0.3, 0.4) is 0 Å². The molecule has 5 nitrogen and oxygen atoms in total. The molecule has 0 saturated carbocycles. The van der Waals surface area contributed by atoms with Gasteiger partial charge in [0.1, 0.15) is 12.7 Å². The minimum atomic E-state index is -0.532. The summed E-state index contributed by atoms with van der Waals surface area (Å²) in [5, 5.41) is 0. The van der Waals surface area contributed by atoms with Crippen LogP contribution in [0.15, 0.2) is 48.6 Å². The SMILES string of the molecule is CC/C=C\CC/C=C\CCCC(=O)OC[C@H](CC[NH-])OC(=O)CCC/C=C\CC/C=C\CC.[Y].[Y]. The molecule has 194 valence electrons. The van der Waals surface area contributed by atoms with Gasteiger partial charge in [0.15, 0.2) is 0 Å². The van der Waals surface area contributed by atoms with E-state index in [1.807, 2.05) is 0 Å². The molecule has 0 unspecified atom stereocenters. The molecule has 0 spiro atoms. The monoisotopic (exact) mass is 638 g/mol. The molecule has 0 saturated heterocycles. The van der Waals surface area contributed by atoms with Crippen molar-refractivity contribution < 1.29 is 84.5 Å². The van der Waals surface area contributed by atoms with Crippen LogP contribution in [0.1, 0.15) is 97.3 Å². The van der Waals surface area contributed by atoms with Gasteiger partial charge in [-0.25, -0.2) is 0 Å². The quantitative estimate of drug-likeness (QED) is 0.0730. The number of rotatable bonds is 21. The predicted molar refractivity (Wildman–Crippen MR) is 138 cm³/mol. The van der Waals surface area contributed by atoms with Gasteiger partial charge in [-0.2, -0.15) is 0 Å². The number of carbonyl (C=O) groups is 2. The van der Waals surface area contributed by atoms with Crippen LogP contribution in [0, 0.1) is 0 Å². The Morgan fingerprint density at radius 2 is 1.11 bits per heavy atom. The van der Waals surface area contributed by atoms with E-state index in [1.54, 1.807) is 0 Å². The number of hydrogen-bond acceptors (Lipinski definition) is 4. The van der Waals surface area contributed by atoms with Crippen molar-refractivity contribution in [2.45, 2.75) is 103 Å². The van der Waals surface area contributed by atoms with Crippen LogP contribution in [0.25, 0.3) is 5.73 Å². The van der Waals surface area contributed by atoms with Gasteiger partial charge in [0, 0.05) is 78.3 Å². The molecule has 1 N–H and O–H groups in total. The molecule has 0 aromatic rings. The number of allylic oxidation sites excluding steroid dienone is 8. The third-order valence-corrected chi connectivity index (χ3v) is 4.84. The number of hydrogen-bond donors (Lipinski definition) is 0. The normalized spacial score (nSPS) is 12.2. The van der Waals surface area contributed by atoms with E-state index in [-0.39, 0.29) is 90.5 Å². The minimum Gasteiger partial charge on any atom is -0.677 e. The van der Waals surface area contributed by atoms with Gasteiger partial charge < -0.3 is 15.2 Å².